The van der Waals surface area contributed by atoms with E-state index < -0.39 is 34.3 Å². The van der Waals surface area contributed by atoms with Crippen molar-refractivity contribution >= 4 is 27.0 Å². The first-order valence-corrected chi connectivity index (χ1v) is 25.0. The third kappa shape index (κ3) is 9.43. The van der Waals surface area contributed by atoms with Crippen LogP contribution in [0.5, 0.6) is 0 Å². The lowest BCUT2D eigenvalue weighted by Crippen LogP contribution is -2.68. The Labute approximate surface area is 329 Å². The van der Waals surface area contributed by atoms with Crippen molar-refractivity contribution in [2.75, 3.05) is 13.7 Å². The largest absolute Gasteiger partial charge is 0.410 e. The van der Waals surface area contributed by atoms with Crippen LogP contribution in [-0.2, 0) is 27.8 Å². The van der Waals surface area contributed by atoms with E-state index in [-0.39, 0.29) is 47.0 Å². The highest BCUT2D eigenvalue weighted by molar-refractivity contribution is 6.99. The number of aliphatic hydroxyl groups excluding tert-OH is 1. The van der Waals surface area contributed by atoms with Gasteiger partial charge in [-0.05, 0) is 91.1 Å². The van der Waals surface area contributed by atoms with Crippen LogP contribution in [0.1, 0.15) is 94.9 Å². The van der Waals surface area contributed by atoms with Crippen molar-refractivity contribution in [2.45, 2.75) is 160 Å². The van der Waals surface area contributed by atoms with Gasteiger partial charge >= 0.3 is 0 Å². The Hall–Kier alpha value is -1.93. The summed E-state index contributed by atoms with van der Waals surface area (Å²) in [4.78, 5) is 0. The molecule has 7 nitrogen and oxygen atoms in total. The summed E-state index contributed by atoms with van der Waals surface area (Å²) in [7, 11) is -3.10. The molecule has 8 atom stereocenters. The number of rotatable bonds is 11. The van der Waals surface area contributed by atoms with Crippen LogP contribution in [0.25, 0.3) is 0 Å². The molecule has 2 aromatic rings. The summed E-state index contributed by atoms with van der Waals surface area (Å²) in [5, 5.41) is 12.7. The standard InChI is InChI=1S/C45H70O7Si2/c1-32(41(51-53(12,13)42(3,4)5)33(2)40-30-45(52-44(9,10)49-40)27-26-35(46)31-48-45)28-34-24-25-38(39(29-34)47-11)50-54(43(6,7)8,36-20-16-14-17-21-36)37-22-18-15-19-23-37/h14-23,26-28,33-35,38-41,46H,24-25,29-31H2,1-13H3/b32-28+/t33-,34+,35-,38-,39-,40+,41-,45+/m1/s1. The predicted molar refractivity (Wildman–Crippen MR) is 224 cm³/mol. The lowest BCUT2D eigenvalue weighted by atomic mass is 9.82. The molecule has 54 heavy (non-hydrogen) atoms. The van der Waals surface area contributed by atoms with Crippen molar-refractivity contribution in [1.29, 1.82) is 0 Å². The summed E-state index contributed by atoms with van der Waals surface area (Å²) < 4.78 is 40.6. The molecule has 1 aliphatic carbocycles. The number of ether oxygens (including phenoxy) is 4. The second-order valence-electron chi connectivity index (χ2n) is 19.1. The Balaban J connectivity index is 1.43. The van der Waals surface area contributed by atoms with E-state index in [4.69, 9.17) is 27.8 Å². The minimum Gasteiger partial charge on any atom is -0.410 e. The lowest BCUT2D eigenvalue weighted by molar-refractivity contribution is -0.393. The Morgan fingerprint density at radius 3 is 2.00 bits per heavy atom. The Kier molecular flexibility index (Phi) is 13.2. The lowest BCUT2D eigenvalue weighted by Gasteiger charge is -2.51. The average molecular weight is 779 g/mol. The van der Waals surface area contributed by atoms with E-state index in [2.05, 4.69) is 135 Å². The fraction of sp³-hybridized carbons (Fsp3) is 0.644. The third-order valence-corrected chi connectivity index (χ3v) is 22.0. The van der Waals surface area contributed by atoms with Gasteiger partial charge in [-0.25, -0.2) is 0 Å². The number of hydrogen-bond acceptors (Lipinski definition) is 7. The summed E-state index contributed by atoms with van der Waals surface area (Å²) in [6.07, 6.45) is 8.36. The number of methoxy groups -OCH3 is 1. The molecule has 1 N–H and O–H groups in total. The molecule has 9 heteroatoms. The van der Waals surface area contributed by atoms with E-state index in [1.807, 2.05) is 27.0 Å². The Morgan fingerprint density at radius 1 is 0.907 bits per heavy atom. The summed E-state index contributed by atoms with van der Waals surface area (Å²) in [5.74, 6) is -1.50. The molecule has 1 saturated heterocycles. The molecule has 0 amide bonds. The second-order valence-corrected chi connectivity index (χ2v) is 28.2. The quantitative estimate of drug-likeness (QED) is 0.181. The second kappa shape index (κ2) is 16.5. The van der Waals surface area contributed by atoms with Gasteiger partial charge in [0, 0.05) is 19.4 Å². The fourth-order valence-electron chi connectivity index (χ4n) is 8.60. The van der Waals surface area contributed by atoms with Gasteiger partial charge in [-0.3, -0.25) is 0 Å². The van der Waals surface area contributed by atoms with Crippen LogP contribution in [0.4, 0.5) is 0 Å². The highest BCUT2D eigenvalue weighted by Crippen LogP contribution is 2.45. The highest BCUT2D eigenvalue weighted by atomic mass is 28.4. The van der Waals surface area contributed by atoms with Crippen molar-refractivity contribution in [1.82, 2.24) is 0 Å². The zero-order valence-electron chi connectivity index (χ0n) is 35.5. The van der Waals surface area contributed by atoms with Crippen molar-refractivity contribution in [3.05, 3.63) is 84.5 Å². The van der Waals surface area contributed by atoms with Crippen molar-refractivity contribution in [3.63, 3.8) is 0 Å². The van der Waals surface area contributed by atoms with Gasteiger partial charge in [-0.1, -0.05) is 121 Å². The molecular formula is C45H70O7Si2. The van der Waals surface area contributed by atoms with Crippen LogP contribution in [0.15, 0.2) is 84.5 Å². The molecule has 2 fully saturated rings. The normalized spacial score (nSPS) is 29.6. The Morgan fingerprint density at radius 2 is 1.50 bits per heavy atom. The fourth-order valence-corrected chi connectivity index (χ4v) is 14.7. The smallest absolute Gasteiger partial charge is 0.261 e. The maximum Gasteiger partial charge on any atom is 0.261 e. The van der Waals surface area contributed by atoms with Crippen molar-refractivity contribution in [2.24, 2.45) is 11.8 Å². The number of benzene rings is 2. The maximum absolute atomic E-state index is 10.2. The topological polar surface area (TPSA) is 75.6 Å². The van der Waals surface area contributed by atoms with Gasteiger partial charge in [-0.2, -0.15) is 0 Å². The molecule has 300 valence electrons. The Bertz CT molecular complexity index is 1540. The summed E-state index contributed by atoms with van der Waals surface area (Å²) in [5.41, 5.74) is 1.23. The average Bonchev–Trinajstić information content (AvgIpc) is 3.10. The number of allylic oxidation sites excluding steroid dienone is 1. The van der Waals surface area contributed by atoms with Crippen LogP contribution in [0.2, 0.25) is 23.2 Å². The van der Waals surface area contributed by atoms with E-state index in [9.17, 15) is 5.11 Å². The van der Waals surface area contributed by atoms with E-state index in [0.717, 1.165) is 19.3 Å². The molecule has 1 spiro atoms. The molecule has 0 unspecified atom stereocenters. The molecule has 3 aliphatic rings. The zero-order valence-corrected chi connectivity index (χ0v) is 37.5. The molecular weight excluding hydrogens is 709 g/mol. The molecule has 0 bridgehead atoms. The molecule has 0 aromatic heterocycles. The van der Waals surface area contributed by atoms with Gasteiger partial charge in [0.1, 0.15) is 0 Å². The highest BCUT2D eigenvalue weighted by Gasteiger charge is 2.54. The monoisotopic (exact) mass is 778 g/mol. The first-order valence-electron chi connectivity index (χ1n) is 20.2. The molecule has 1 saturated carbocycles. The van der Waals surface area contributed by atoms with E-state index in [1.54, 1.807) is 6.08 Å². The van der Waals surface area contributed by atoms with E-state index in [0.29, 0.717) is 12.3 Å². The predicted octanol–water partition coefficient (Wildman–Crippen LogP) is 8.90. The zero-order chi connectivity index (χ0) is 39.7. The van der Waals surface area contributed by atoms with E-state index in [1.165, 1.54) is 15.9 Å². The minimum absolute atomic E-state index is 0.00677. The van der Waals surface area contributed by atoms with Gasteiger partial charge in [-0.15, -0.1) is 0 Å². The number of hydrogen-bond donors (Lipinski definition) is 1. The molecule has 0 radical (unpaired) electrons. The molecule has 5 rings (SSSR count). The van der Waals surface area contributed by atoms with Gasteiger partial charge in [0.15, 0.2) is 19.9 Å². The third-order valence-electron chi connectivity index (χ3n) is 12.5. The maximum atomic E-state index is 10.2. The van der Waals surface area contributed by atoms with Crippen LogP contribution in [0, 0.1) is 11.8 Å². The minimum atomic E-state index is -2.74. The van der Waals surface area contributed by atoms with Crippen LogP contribution in [0.3, 0.4) is 0 Å². The van der Waals surface area contributed by atoms with Crippen LogP contribution in [-0.4, -0.2) is 77.6 Å². The summed E-state index contributed by atoms with van der Waals surface area (Å²) >= 11 is 0. The summed E-state index contributed by atoms with van der Waals surface area (Å²) in [6.45, 7) is 27.2. The van der Waals surface area contributed by atoms with Gasteiger partial charge in [0.05, 0.1) is 37.1 Å². The van der Waals surface area contributed by atoms with Gasteiger partial charge in [0.25, 0.3) is 8.32 Å². The van der Waals surface area contributed by atoms with Crippen molar-refractivity contribution < 1.29 is 32.9 Å². The summed E-state index contributed by atoms with van der Waals surface area (Å²) in [6, 6.07) is 21.8. The SMILES string of the molecule is CO[C@@H]1C[C@H](/C=C(\C)[C@@H](O[Si](C)(C)C(C)(C)C)[C@H](C)[C@@H]2C[C@]3(C=C[C@@H](O)CO3)OC(C)(C)O2)CC[C@H]1O[Si](c1ccccc1)(c1ccccc1)C(C)(C)C. The first kappa shape index (κ1) is 43.2. The number of aliphatic hydroxyl groups is 1. The first-order chi connectivity index (χ1) is 25.1. The van der Waals surface area contributed by atoms with Gasteiger partial charge in [0.2, 0.25) is 0 Å². The van der Waals surface area contributed by atoms with E-state index >= 15 is 0 Å². The van der Waals surface area contributed by atoms with Crippen LogP contribution >= 0.6 is 0 Å². The van der Waals surface area contributed by atoms with Crippen LogP contribution < -0.4 is 10.4 Å². The molecule has 2 aliphatic heterocycles. The van der Waals surface area contributed by atoms with Crippen molar-refractivity contribution in [3.8, 4) is 0 Å². The molecule has 2 aromatic carbocycles. The van der Waals surface area contributed by atoms with Gasteiger partial charge < -0.3 is 32.9 Å². The molecule has 2 heterocycles.